The fourth-order valence-corrected chi connectivity index (χ4v) is 6.92. The van der Waals surface area contributed by atoms with Crippen molar-refractivity contribution in [2.75, 3.05) is 4.90 Å². The van der Waals surface area contributed by atoms with Gasteiger partial charge in [0.15, 0.2) is 0 Å². The minimum atomic E-state index is -0.0854. The smallest absolute Gasteiger partial charge is 0.0476 e. The van der Waals surface area contributed by atoms with E-state index in [2.05, 4.69) is 170 Å². The molecule has 1 heterocycles. The van der Waals surface area contributed by atoms with Crippen LogP contribution >= 0.6 is 11.3 Å². The van der Waals surface area contributed by atoms with Crippen LogP contribution in [0.25, 0.3) is 31.3 Å². The Balaban J connectivity index is 1.32. The molecule has 6 aromatic carbocycles. The summed E-state index contributed by atoms with van der Waals surface area (Å²) in [5.41, 5.74) is 8.41. The molecule has 198 valence electrons. The molecule has 0 aliphatic rings. The highest BCUT2D eigenvalue weighted by molar-refractivity contribution is 7.25. The minimum Gasteiger partial charge on any atom is -0.310 e. The number of anilines is 3. The second kappa shape index (κ2) is 10.4. The molecule has 1 aromatic heterocycles. The van der Waals surface area contributed by atoms with Gasteiger partial charge in [0.2, 0.25) is 0 Å². The standard InChI is InChI=1S/C39H31NS/c1-39(2,30-13-7-4-8-14-30)31-19-23-33(24-20-31)40(32-21-17-29(18-22-32)28-11-5-3-6-12-28)34-25-26-36-35-15-9-10-16-37(35)41-38(36)27-34/h3-27H,1-2H3. The molecular formula is C39H31NS. The molecule has 0 saturated carbocycles. The molecule has 0 aliphatic heterocycles. The summed E-state index contributed by atoms with van der Waals surface area (Å²) in [5, 5.41) is 2.64. The molecule has 0 atom stereocenters. The predicted octanol–water partition coefficient (Wildman–Crippen LogP) is 11.5. The summed E-state index contributed by atoms with van der Waals surface area (Å²) in [5.74, 6) is 0. The van der Waals surface area contributed by atoms with E-state index in [9.17, 15) is 0 Å². The lowest BCUT2D eigenvalue weighted by Gasteiger charge is -2.29. The van der Waals surface area contributed by atoms with Gasteiger partial charge >= 0.3 is 0 Å². The van der Waals surface area contributed by atoms with Crippen molar-refractivity contribution in [3.8, 4) is 11.1 Å². The number of benzene rings is 6. The van der Waals surface area contributed by atoms with E-state index >= 15 is 0 Å². The van der Waals surface area contributed by atoms with E-state index in [0.29, 0.717) is 0 Å². The van der Waals surface area contributed by atoms with Crippen molar-refractivity contribution in [2.24, 2.45) is 0 Å². The van der Waals surface area contributed by atoms with Gasteiger partial charge in [0.25, 0.3) is 0 Å². The largest absolute Gasteiger partial charge is 0.310 e. The average Bonchev–Trinajstić information content (AvgIpc) is 3.41. The monoisotopic (exact) mass is 545 g/mol. The normalized spacial score (nSPS) is 11.7. The lowest BCUT2D eigenvalue weighted by molar-refractivity contribution is 0.641. The first kappa shape index (κ1) is 25.3. The summed E-state index contributed by atoms with van der Waals surface area (Å²) >= 11 is 1.86. The zero-order valence-corrected chi connectivity index (χ0v) is 24.1. The summed E-state index contributed by atoms with van der Waals surface area (Å²) in [6, 6.07) is 54.9. The Kier molecular flexibility index (Phi) is 6.41. The average molecular weight is 546 g/mol. The first-order chi connectivity index (χ1) is 20.1. The predicted molar refractivity (Wildman–Crippen MR) is 178 cm³/mol. The van der Waals surface area contributed by atoms with Gasteiger partial charge < -0.3 is 4.90 Å². The lowest BCUT2D eigenvalue weighted by atomic mass is 9.78. The van der Waals surface area contributed by atoms with Crippen LogP contribution in [0.15, 0.2) is 152 Å². The van der Waals surface area contributed by atoms with Crippen LogP contribution in [0.5, 0.6) is 0 Å². The summed E-state index contributed by atoms with van der Waals surface area (Å²) in [6.07, 6.45) is 0. The Bertz CT molecular complexity index is 1930. The molecule has 0 spiro atoms. The van der Waals surface area contributed by atoms with Gasteiger partial charge in [-0.15, -0.1) is 11.3 Å². The summed E-state index contributed by atoms with van der Waals surface area (Å²) in [4.78, 5) is 2.37. The third-order valence-electron chi connectivity index (χ3n) is 8.20. The molecule has 7 rings (SSSR count). The molecule has 0 N–H and O–H groups in total. The highest BCUT2D eigenvalue weighted by Gasteiger charge is 2.23. The van der Waals surface area contributed by atoms with Crippen LogP contribution in [0.2, 0.25) is 0 Å². The molecule has 0 radical (unpaired) electrons. The third-order valence-corrected chi connectivity index (χ3v) is 9.33. The quantitative estimate of drug-likeness (QED) is 0.201. The van der Waals surface area contributed by atoms with Crippen molar-refractivity contribution >= 4 is 48.6 Å². The van der Waals surface area contributed by atoms with Gasteiger partial charge in [-0.2, -0.15) is 0 Å². The van der Waals surface area contributed by atoms with Crippen molar-refractivity contribution in [1.82, 2.24) is 0 Å². The van der Waals surface area contributed by atoms with E-state index in [1.54, 1.807) is 0 Å². The Morgan fingerprint density at radius 1 is 0.439 bits per heavy atom. The minimum absolute atomic E-state index is 0.0854. The number of fused-ring (bicyclic) bond motifs is 3. The lowest BCUT2D eigenvalue weighted by Crippen LogP contribution is -2.19. The number of hydrogen-bond donors (Lipinski definition) is 0. The van der Waals surface area contributed by atoms with Crippen LogP contribution in [0.3, 0.4) is 0 Å². The van der Waals surface area contributed by atoms with Crippen molar-refractivity contribution in [3.63, 3.8) is 0 Å². The van der Waals surface area contributed by atoms with E-state index < -0.39 is 0 Å². The number of nitrogens with zero attached hydrogens (tertiary/aromatic N) is 1. The molecule has 0 fully saturated rings. The van der Waals surface area contributed by atoms with Crippen molar-refractivity contribution in [1.29, 1.82) is 0 Å². The Morgan fingerprint density at radius 2 is 0.951 bits per heavy atom. The summed E-state index contributed by atoms with van der Waals surface area (Å²) < 4.78 is 2.63. The first-order valence-electron chi connectivity index (χ1n) is 14.1. The highest BCUT2D eigenvalue weighted by atomic mass is 32.1. The van der Waals surface area contributed by atoms with Crippen LogP contribution < -0.4 is 4.90 Å². The zero-order chi connectivity index (χ0) is 27.8. The van der Waals surface area contributed by atoms with Crippen LogP contribution in [0.4, 0.5) is 17.1 Å². The third kappa shape index (κ3) is 4.71. The second-order valence-corrected chi connectivity index (χ2v) is 12.1. The van der Waals surface area contributed by atoms with Gasteiger partial charge in [-0.25, -0.2) is 0 Å². The van der Waals surface area contributed by atoms with Gasteiger partial charge in [-0.3, -0.25) is 0 Å². The fraction of sp³-hybridized carbons (Fsp3) is 0.0769. The summed E-state index contributed by atoms with van der Waals surface area (Å²) in [7, 11) is 0. The molecule has 0 aliphatic carbocycles. The maximum atomic E-state index is 2.37. The summed E-state index contributed by atoms with van der Waals surface area (Å²) in [6.45, 7) is 4.60. The molecule has 0 unspecified atom stereocenters. The van der Waals surface area contributed by atoms with E-state index in [-0.39, 0.29) is 5.41 Å². The second-order valence-electron chi connectivity index (χ2n) is 11.1. The van der Waals surface area contributed by atoms with Crippen molar-refractivity contribution < 1.29 is 0 Å². The van der Waals surface area contributed by atoms with Crippen LogP contribution in [-0.2, 0) is 5.41 Å². The molecule has 0 bridgehead atoms. The number of rotatable bonds is 6. The van der Waals surface area contributed by atoms with E-state index in [1.807, 2.05) is 11.3 Å². The van der Waals surface area contributed by atoms with E-state index in [4.69, 9.17) is 0 Å². The van der Waals surface area contributed by atoms with Crippen LogP contribution in [0, 0.1) is 0 Å². The van der Waals surface area contributed by atoms with Gasteiger partial charge in [0, 0.05) is 42.6 Å². The topological polar surface area (TPSA) is 3.24 Å². The van der Waals surface area contributed by atoms with E-state index in [0.717, 1.165) is 17.1 Å². The maximum Gasteiger partial charge on any atom is 0.0476 e. The van der Waals surface area contributed by atoms with Gasteiger partial charge in [0.05, 0.1) is 0 Å². The number of thiophene rings is 1. The molecular weight excluding hydrogens is 515 g/mol. The van der Waals surface area contributed by atoms with Gasteiger partial charge in [-0.05, 0) is 64.7 Å². The molecule has 0 saturated heterocycles. The molecule has 2 heteroatoms. The number of hydrogen-bond acceptors (Lipinski definition) is 2. The maximum absolute atomic E-state index is 2.37. The first-order valence-corrected chi connectivity index (χ1v) is 14.9. The van der Waals surface area contributed by atoms with Crippen LogP contribution in [-0.4, -0.2) is 0 Å². The fourth-order valence-electron chi connectivity index (χ4n) is 5.78. The van der Waals surface area contributed by atoms with Gasteiger partial charge in [-0.1, -0.05) is 123 Å². The van der Waals surface area contributed by atoms with Crippen molar-refractivity contribution in [2.45, 2.75) is 19.3 Å². The van der Waals surface area contributed by atoms with Gasteiger partial charge in [0.1, 0.15) is 0 Å². The Morgan fingerprint density at radius 3 is 1.66 bits per heavy atom. The molecule has 7 aromatic rings. The Labute approximate surface area is 246 Å². The highest BCUT2D eigenvalue weighted by Crippen LogP contribution is 2.41. The van der Waals surface area contributed by atoms with Crippen LogP contribution in [0.1, 0.15) is 25.0 Å². The molecule has 41 heavy (non-hydrogen) atoms. The van der Waals surface area contributed by atoms with E-state index in [1.165, 1.54) is 42.4 Å². The molecule has 1 nitrogen and oxygen atoms in total. The zero-order valence-electron chi connectivity index (χ0n) is 23.3. The molecule has 0 amide bonds. The SMILES string of the molecule is CC(C)(c1ccccc1)c1ccc(N(c2ccc(-c3ccccc3)cc2)c2ccc3c(c2)sc2ccccc23)cc1. The van der Waals surface area contributed by atoms with Crippen molar-refractivity contribution in [3.05, 3.63) is 163 Å². The Hall–Kier alpha value is -4.66.